The van der Waals surface area contributed by atoms with E-state index in [1.807, 2.05) is 29.2 Å². The fraction of sp³-hybridized carbons (Fsp3) is 0.588. The molecule has 0 saturated carbocycles. The lowest BCUT2D eigenvalue weighted by atomic mass is 9.95. The van der Waals surface area contributed by atoms with Crippen LogP contribution in [0.15, 0.2) is 24.3 Å². The van der Waals surface area contributed by atoms with Crippen LogP contribution in [0, 0.1) is 5.92 Å². The summed E-state index contributed by atoms with van der Waals surface area (Å²) in [5.41, 5.74) is 0. The third-order valence-corrected chi connectivity index (χ3v) is 4.88. The van der Waals surface area contributed by atoms with Crippen molar-refractivity contribution in [3.05, 3.63) is 29.3 Å². The van der Waals surface area contributed by atoms with Crippen molar-refractivity contribution >= 4 is 29.9 Å². The standard InChI is InChI=1S/C17H23ClN2O2.ClH/c18-15-3-1-2-4-16(15)22-14-7-11-20(12-8-14)17(21)13-5-9-19-10-6-13;/h1-4,13-14,19H,5-12H2;1H. The van der Waals surface area contributed by atoms with Crippen LogP contribution in [0.5, 0.6) is 5.75 Å². The van der Waals surface area contributed by atoms with Crippen molar-refractivity contribution in [3.63, 3.8) is 0 Å². The van der Waals surface area contributed by atoms with Gasteiger partial charge in [0.25, 0.3) is 0 Å². The fourth-order valence-corrected chi connectivity index (χ4v) is 3.42. The number of hydrogen-bond donors (Lipinski definition) is 1. The van der Waals surface area contributed by atoms with Crippen molar-refractivity contribution in [2.24, 2.45) is 5.92 Å². The van der Waals surface area contributed by atoms with Gasteiger partial charge < -0.3 is 15.0 Å². The van der Waals surface area contributed by atoms with Gasteiger partial charge in [0.15, 0.2) is 0 Å². The van der Waals surface area contributed by atoms with Gasteiger partial charge >= 0.3 is 0 Å². The number of rotatable bonds is 3. The summed E-state index contributed by atoms with van der Waals surface area (Å²) in [7, 11) is 0. The molecule has 128 valence electrons. The molecule has 0 unspecified atom stereocenters. The fourth-order valence-electron chi connectivity index (χ4n) is 3.24. The smallest absolute Gasteiger partial charge is 0.225 e. The molecule has 4 nitrogen and oxygen atoms in total. The molecule has 0 atom stereocenters. The summed E-state index contributed by atoms with van der Waals surface area (Å²) in [6, 6.07) is 7.56. The molecule has 0 radical (unpaired) electrons. The minimum Gasteiger partial charge on any atom is -0.489 e. The first-order chi connectivity index (χ1) is 10.7. The predicted octanol–water partition coefficient (Wildman–Crippen LogP) is 3.13. The van der Waals surface area contributed by atoms with E-state index in [4.69, 9.17) is 16.3 Å². The number of ether oxygens (including phenoxy) is 1. The van der Waals surface area contributed by atoms with Crippen molar-refractivity contribution in [2.75, 3.05) is 26.2 Å². The maximum Gasteiger partial charge on any atom is 0.225 e. The molecule has 0 aromatic heterocycles. The summed E-state index contributed by atoms with van der Waals surface area (Å²) in [5.74, 6) is 1.28. The lowest BCUT2D eigenvalue weighted by Gasteiger charge is -2.35. The molecule has 2 fully saturated rings. The molecule has 0 aliphatic carbocycles. The minimum atomic E-state index is 0. The highest BCUT2D eigenvalue weighted by Gasteiger charge is 2.29. The summed E-state index contributed by atoms with van der Waals surface area (Å²) in [6.45, 7) is 3.50. The summed E-state index contributed by atoms with van der Waals surface area (Å²) in [5, 5.41) is 3.96. The molecule has 0 spiro atoms. The predicted molar refractivity (Wildman–Crippen MR) is 94.5 cm³/mol. The number of para-hydroxylation sites is 1. The molecule has 2 aliphatic heterocycles. The number of piperidine rings is 2. The third kappa shape index (κ3) is 4.75. The first-order valence-electron chi connectivity index (χ1n) is 8.15. The number of likely N-dealkylation sites (tertiary alicyclic amines) is 1. The first kappa shape index (κ1) is 18.4. The number of amides is 1. The van der Waals surface area contributed by atoms with Crippen LogP contribution in [0.1, 0.15) is 25.7 Å². The first-order valence-corrected chi connectivity index (χ1v) is 8.52. The molecule has 1 amide bonds. The van der Waals surface area contributed by atoms with Crippen LogP contribution in [-0.4, -0.2) is 43.1 Å². The largest absolute Gasteiger partial charge is 0.489 e. The van der Waals surface area contributed by atoms with Crippen LogP contribution in [0.4, 0.5) is 0 Å². The van der Waals surface area contributed by atoms with Gasteiger partial charge in [-0.25, -0.2) is 0 Å². The number of hydrogen-bond acceptors (Lipinski definition) is 3. The van der Waals surface area contributed by atoms with Crippen LogP contribution < -0.4 is 10.1 Å². The van der Waals surface area contributed by atoms with Gasteiger partial charge in [0, 0.05) is 31.8 Å². The number of halogens is 2. The highest BCUT2D eigenvalue weighted by Crippen LogP contribution is 2.27. The lowest BCUT2D eigenvalue weighted by molar-refractivity contribution is -0.138. The summed E-state index contributed by atoms with van der Waals surface area (Å²) in [4.78, 5) is 14.5. The van der Waals surface area contributed by atoms with Gasteiger partial charge in [-0.2, -0.15) is 0 Å². The second-order valence-corrected chi connectivity index (χ2v) is 6.50. The van der Waals surface area contributed by atoms with Gasteiger partial charge in [0.1, 0.15) is 11.9 Å². The molecular weight excluding hydrogens is 335 g/mol. The maximum absolute atomic E-state index is 12.5. The molecule has 2 saturated heterocycles. The molecule has 1 aromatic rings. The normalized spacial score (nSPS) is 20.0. The number of carbonyl (C=O) groups is 1. The van der Waals surface area contributed by atoms with Gasteiger partial charge in [-0.1, -0.05) is 23.7 Å². The average Bonchev–Trinajstić information content (AvgIpc) is 2.58. The molecular formula is C17H24Cl2N2O2. The number of nitrogens with one attached hydrogen (secondary N) is 1. The van der Waals surface area contributed by atoms with Gasteiger partial charge in [-0.15, -0.1) is 12.4 Å². The summed E-state index contributed by atoms with van der Waals surface area (Å²) >= 11 is 6.13. The maximum atomic E-state index is 12.5. The Balaban J connectivity index is 0.00000192. The molecule has 6 heteroatoms. The summed E-state index contributed by atoms with van der Waals surface area (Å²) < 4.78 is 5.98. The Hall–Kier alpha value is -0.970. The molecule has 1 aromatic carbocycles. The summed E-state index contributed by atoms with van der Waals surface area (Å²) in [6.07, 6.45) is 3.84. The van der Waals surface area contributed by atoms with Gasteiger partial charge in [0.2, 0.25) is 5.91 Å². The van der Waals surface area contributed by atoms with Crippen molar-refractivity contribution in [1.29, 1.82) is 0 Å². The molecule has 2 heterocycles. The second-order valence-electron chi connectivity index (χ2n) is 6.10. The van der Waals surface area contributed by atoms with Crippen molar-refractivity contribution in [2.45, 2.75) is 31.8 Å². The van der Waals surface area contributed by atoms with Crippen molar-refractivity contribution in [1.82, 2.24) is 10.2 Å². The minimum absolute atomic E-state index is 0. The third-order valence-electron chi connectivity index (χ3n) is 4.57. The van der Waals surface area contributed by atoms with Gasteiger partial charge in [-0.05, 0) is 38.1 Å². The van der Waals surface area contributed by atoms with E-state index in [0.717, 1.165) is 57.6 Å². The van der Waals surface area contributed by atoms with Crippen LogP contribution in [0.2, 0.25) is 5.02 Å². The van der Waals surface area contributed by atoms with Crippen LogP contribution >= 0.6 is 24.0 Å². The Morgan fingerprint density at radius 3 is 2.43 bits per heavy atom. The average molecular weight is 359 g/mol. The number of nitrogens with zero attached hydrogens (tertiary/aromatic N) is 1. The van der Waals surface area contributed by atoms with E-state index in [9.17, 15) is 4.79 Å². The Kier molecular flexibility index (Phi) is 7.00. The molecule has 0 bridgehead atoms. The Labute approximate surface area is 148 Å². The van der Waals surface area contributed by atoms with Crippen molar-refractivity contribution < 1.29 is 9.53 Å². The quantitative estimate of drug-likeness (QED) is 0.902. The molecule has 23 heavy (non-hydrogen) atoms. The topological polar surface area (TPSA) is 41.6 Å². The van der Waals surface area contributed by atoms with E-state index in [1.165, 1.54) is 0 Å². The molecule has 3 rings (SSSR count). The van der Waals surface area contributed by atoms with E-state index in [-0.39, 0.29) is 24.4 Å². The van der Waals surface area contributed by atoms with Crippen LogP contribution in [0.25, 0.3) is 0 Å². The second kappa shape index (κ2) is 8.76. The highest BCUT2D eigenvalue weighted by molar-refractivity contribution is 6.32. The molecule has 1 N–H and O–H groups in total. The highest BCUT2D eigenvalue weighted by atomic mass is 35.5. The zero-order chi connectivity index (χ0) is 15.4. The van der Waals surface area contributed by atoms with Gasteiger partial charge in [-0.3, -0.25) is 4.79 Å². The molecule has 2 aliphatic rings. The van der Waals surface area contributed by atoms with Gasteiger partial charge in [0.05, 0.1) is 5.02 Å². The van der Waals surface area contributed by atoms with Crippen LogP contribution in [0.3, 0.4) is 0 Å². The van der Waals surface area contributed by atoms with E-state index < -0.39 is 0 Å². The zero-order valence-electron chi connectivity index (χ0n) is 13.2. The number of carbonyl (C=O) groups excluding carboxylic acids is 1. The van der Waals surface area contributed by atoms with E-state index in [2.05, 4.69) is 5.32 Å². The van der Waals surface area contributed by atoms with Crippen LogP contribution in [-0.2, 0) is 4.79 Å². The Morgan fingerprint density at radius 2 is 1.78 bits per heavy atom. The monoisotopic (exact) mass is 358 g/mol. The van der Waals surface area contributed by atoms with E-state index in [0.29, 0.717) is 10.9 Å². The SMILES string of the molecule is Cl.O=C(C1CCNCC1)N1CCC(Oc2ccccc2Cl)CC1. The Bertz CT molecular complexity index is 513. The van der Waals surface area contributed by atoms with E-state index >= 15 is 0 Å². The van der Waals surface area contributed by atoms with E-state index in [1.54, 1.807) is 0 Å². The lowest BCUT2D eigenvalue weighted by Crippen LogP contribution is -2.46. The Morgan fingerprint density at radius 1 is 1.13 bits per heavy atom. The zero-order valence-corrected chi connectivity index (χ0v) is 14.7. The van der Waals surface area contributed by atoms with Crippen molar-refractivity contribution in [3.8, 4) is 5.75 Å². The number of benzene rings is 1.